The fourth-order valence-corrected chi connectivity index (χ4v) is 3.61. The molecule has 1 saturated heterocycles. The van der Waals surface area contributed by atoms with Gasteiger partial charge in [-0.3, -0.25) is 14.4 Å². The molecule has 0 aliphatic carbocycles. The second-order valence-electron chi connectivity index (χ2n) is 7.73. The summed E-state index contributed by atoms with van der Waals surface area (Å²) in [4.78, 5) is 50.4. The van der Waals surface area contributed by atoms with Crippen molar-refractivity contribution in [2.45, 2.75) is 26.2 Å². The van der Waals surface area contributed by atoms with Crippen LogP contribution >= 0.6 is 23.2 Å². The molecule has 10 heteroatoms. The number of nitrogens with zero attached hydrogens (tertiary/aromatic N) is 1. The Balaban J connectivity index is 1.50. The lowest BCUT2D eigenvalue weighted by Crippen LogP contribution is -2.28. The number of unbranched alkanes of at least 4 members (excludes halogenated alkanes) is 1. The van der Waals surface area contributed by atoms with E-state index in [1.165, 1.54) is 17.0 Å². The van der Waals surface area contributed by atoms with E-state index in [1.807, 2.05) is 6.92 Å². The number of hydrogen-bond donors (Lipinski definition) is 1. The predicted octanol–water partition coefficient (Wildman–Crippen LogP) is 4.49. The Morgan fingerprint density at radius 2 is 1.79 bits per heavy atom. The largest absolute Gasteiger partial charge is 0.462 e. The van der Waals surface area contributed by atoms with Crippen molar-refractivity contribution in [2.24, 2.45) is 5.92 Å². The van der Waals surface area contributed by atoms with Crippen LogP contribution in [0.15, 0.2) is 42.5 Å². The quantitative estimate of drug-likeness (QED) is 0.397. The molecule has 2 amide bonds. The zero-order valence-corrected chi connectivity index (χ0v) is 20.0. The van der Waals surface area contributed by atoms with Crippen LogP contribution in [0.4, 0.5) is 11.4 Å². The number of benzene rings is 2. The third kappa shape index (κ3) is 6.71. The molecular weight excluding hydrogens is 483 g/mol. The van der Waals surface area contributed by atoms with E-state index >= 15 is 0 Å². The van der Waals surface area contributed by atoms with Gasteiger partial charge in [0, 0.05) is 24.3 Å². The number of carbonyl (C=O) groups is 4. The van der Waals surface area contributed by atoms with Gasteiger partial charge in [0.2, 0.25) is 5.91 Å². The van der Waals surface area contributed by atoms with Crippen molar-refractivity contribution in [2.75, 3.05) is 30.0 Å². The maximum atomic E-state index is 12.4. The van der Waals surface area contributed by atoms with Gasteiger partial charge in [0.25, 0.3) is 5.91 Å². The van der Waals surface area contributed by atoms with Crippen molar-refractivity contribution in [3.05, 3.63) is 58.1 Å². The molecule has 1 atom stereocenters. The fourth-order valence-electron chi connectivity index (χ4n) is 3.31. The van der Waals surface area contributed by atoms with E-state index in [9.17, 15) is 19.2 Å². The maximum absolute atomic E-state index is 12.4. The SMILES string of the molecule is CCCCOC(=O)c1ccc(N2C[C@H](C(=O)OCC(=O)Nc3ccc(Cl)c(Cl)c3)CC2=O)cc1. The third-order valence-corrected chi connectivity index (χ3v) is 5.89. The minimum atomic E-state index is -0.705. The van der Waals surface area contributed by atoms with E-state index in [0.717, 1.165) is 12.8 Å². The molecule has 3 rings (SSSR count). The van der Waals surface area contributed by atoms with E-state index in [4.69, 9.17) is 32.7 Å². The summed E-state index contributed by atoms with van der Waals surface area (Å²) < 4.78 is 10.3. The number of anilines is 2. The number of nitrogens with one attached hydrogen (secondary N) is 1. The first-order chi connectivity index (χ1) is 16.3. The number of hydrogen-bond acceptors (Lipinski definition) is 6. The highest BCUT2D eigenvalue weighted by Gasteiger charge is 2.36. The maximum Gasteiger partial charge on any atom is 0.338 e. The van der Waals surface area contributed by atoms with Gasteiger partial charge in [0.1, 0.15) is 0 Å². The Bertz CT molecular complexity index is 1070. The van der Waals surface area contributed by atoms with Gasteiger partial charge in [-0.15, -0.1) is 0 Å². The summed E-state index contributed by atoms with van der Waals surface area (Å²) in [6, 6.07) is 11.0. The molecule has 0 aromatic heterocycles. The molecule has 0 radical (unpaired) electrons. The van der Waals surface area contributed by atoms with Crippen LogP contribution in [0.25, 0.3) is 0 Å². The summed E-state index contributed by atoms with van der Waals surface area (Å²) in [6.07, 6.45) is 1.68. The zero-order valence-electron chi connectivity index (χ0n) is 18.5. The first-order valence-electron chi connectivity index (χ1n) is 10.8. The summed E-state index contributed by atoms with van der Waals surface area (Å²) in [7, 11) is 0. The number of carbonyl (C=O) groups excluding carboxylic acids is 4. The molecule has 34 heavy (non-hydrogen) atoms. The van der Waals surface area contributed by atoms with Crippen molar-refractivity contribution in [3.63, 3.8) is 0 Å². The van der Waals surface area contributed by atoms with Gasteiger partial charge in [0.15, 0.2) is 6.61 Å². The van der Waals surface area contributed by atoms with Crippen LogP contribution in [-0.4, -0.2) is 43.5 Å². The highest BCUT2D eigenvalue weighted by molar-refractivity contribution is 6.42. The Morgan fingerprint density at radius 1 is 1.06 bits per heavy atom. The first kappa shape index (κ1) is 25.5. The Labute approximate surface area is 207 Å². The lowest BCUT2D eigenvalue weighted by atomic mass is 10.1. The highest BCUT2D eigenvalue weighted by atomic mass is 35.5. The lowest BCUT2D eigenvalue weighted by Gasteiger charge is -2.17. The molecule has 2 aromatic rings. The predicted molar refractivity (Wildman–Crippen MR) is 128 cm³/mol. The van der Waals surface area contributed by atoms with Crippen LogP contribution < -0.4 is 10.2 Å². The van der Waals surface area contributed by atoms with Crippen LogP contribution in [0.2, 0.25) is 10.0 Å². The Hall–Kier alpha value is -3.10. The lowest BCUT2D eigenvalue weighted by molar-refractivity contribution is -0.151. The zero-order chi connectivity index (χ0) is 24.7. The van der Waals surface area contributed by atoms with E-state index in [0.29, 0.717) is 28.6 Å². The smallest absolute Gasteiger partial charge is 0.338 e. The fraction of sp³-hybridized carbons (Fsp3) is 0.333. The molecule has 0 spiro atoms. The van der Waals surface area contributed by atoms with E-state index in [1.54, 1.807) is 30.3 Å². The van der Waals surface area contributed by atoms with Crippen LogP contribution in [-0.2, 0) is 23.9 Å². The van der Waals surface area contributed by atoms with Crippen LogP contribution in [0.5, 0.6) is 0 Å². The van der Waals surface area contributed by atoms with Gasteiger partial charge in [-0.2, -0.15) is 0 Å². The Kier molecular flexibility index (Phi) is 8.90. The minimum Gasteiger partial charge on any atom is -0.462 e. The van der Waals surface area contributed by atoms with Crippen molar-refractivity contribution in [1.29, 1.82) is 0 Å². The summed E-state index contributed by atoms with van der Waals surface area (Å²) in [6.45, 7) is 1.98. The molecule has 1 N–H and O–H groups in total. The molecule has 1 heterocycles. The number of rotatable bonds is 9. The first-order valence-corrected chi connectivity index (χ1v) is 11.5. The summed E-state index contributed by atoms with van der Waals surface area (Å²) in [5, 5.41) is 3.19. The van der Waals surface area contributed by atoms with Crippen molar-refractivity contribution >= 4 is 58.3 Å². The molecule has 1 aliphatic heterocycles. The van der Waals surface area contributed by atoms with Gasteiger partial charge >= 0.3 is 11.9 Å². The van der Waals surface area contributed by atoms with Crippen molar-refractivity contribution in [3.8, 4) is 0 Å². The number of halogens is 2. The molecule has 1 fully saturated rings. The van der Waals surface area contributed by atoms with E-state index in [2.05, 4.69) is 5.32 Å². The monoisotopic (exact) mass is 506 g/mol. The number of ether oxygens (including phenoxy) is 2. The molecule has 180 valence electrons. The molecule has 0 saturated carbocycles. The van der Waals surface area contributed by atoms with Crippen molar-refractivity contribution in [1.82, 2.24) is 0 Å². The van der Waals surface area contributed by atoms with Crippen LogP contribution in [0, 0.1) is 5.92 Å². The summed E-state index contributed by atoms with van der Waals surface area (Å²) in [5.74, 6) is -2.57. The Morgan fingerprint density at radius 3 is 2.47 bits per heavy atom. The summed E-state index contributed by atoms with van der Waals surface area (Å²) >= 11 is 11.7. The minimum absolute atomic E-state index is 0.0337. The standard InChI is InChI=1S/C24H24Cl2N2O6/c1-2-3-10-33-23(31)15-4-7-18(8-5-15)28-13-16(11-22(28)30)24(32)34-14-21(29)27-17-6-9-19(25)20(26)12-17/h4-9,12,16H,2-3,10-11,13-14H2,1H3,(H,27,29)/t16-/m1/s1. The van der Waals surface area contributed by atoms with Gasteiger partial charge in [-0.25, -0.2) is 4.79 Å². The van der Waals surface area contributed by atoms with Gasteiger partial charge < -0.3 is 19.7 Å². The van der Waals surface area contributed by atoms with E-state index < -0.39 is 30.4 Å². The highest BCUT2D eigenvalue weighted by Crippen LogP contribution is 2.27. The number of amides is 2. The van der Waals surface area contributed by atoms with Gasteiger partial charge in [-0.1, -0.05) is 36.5 Å². The number of esters is 2. The molecule has 8 nitrogen and oxygen atoms in total. The average molecular weight is 507 g/mol. The molecule has 0 bridgehead atoms. The molecule has 1 aliphatic rings. The molecule has 0 unspecified atom stereocenters. The molecular formula is C24H24Cl2N2O6. The van der Waals surface area contributed by atoms with Gasteiger partial charge in [-0.05, 0) is 48.9 Å². The van der Waals surface area contributed by atoms with Crippen molar-refractivity contribution < 1.29 is 28.7 Å². The van der Waals surface area contributed by atoms with Crippen LogP contribution in [0.1, 0.15) is 36.5 Å². The second-order valence-corrected chi connectivity index (χ2v) is 8.54. The topological polar surface area (TPSA) is 102 Å². The van der Waals surface area contributed by atoms with E-state index in [-0.39, 0.29) is 23.9 Å². The van der Waals surface area contributed by atoms with Crippen LogP contribution in [0.3, 0.4) is 0 Å². The third-order valence-electron chi connectivity index (χ3n) is 5.15. The normalized spacial score (nSPS) is 15.2. The second kappa shape index (κ2) is 11.9. The molecule has 2 aromatic carbocycles. The van der Waals surface area contributed by atoms with Gasteiger partial charge in [0.05, 0.1) is 28.1 Å². The average Bonchev–Trinajstić information content (AvgIpc) is 3.21. The summed E-state index contributed by atoms with van der Waals surface area (Å²) in [5.41, 5.74) is 1.36.